The molecule has 0 spiro atoms. The first kappa shape index (κ1) is 15.0. The quantitative estimate of drug-likeness (QED) is 0.399. The Balaban J connectivity index is 3.01. The second-order valence-electron chi connectivity index (χ2n) is 3.99. The molecule has 2 atom stereocenters. The number of rotatable bonds is 6. The lowest BCUT2D eigenvalue weighted by Crippen LogP contribution is -2.25. The van der Waals surface area contributed by atoms with E-state index in [1.165, 1.54) is 12.1 Å². The van der Waals surface area contributed by atoms with Crippen LogP contribution in [0.5, 0.6) is 0 Å². The van der Waals surface area contributed by atoms with Gasteiger partial charge in [-0.2, -0.15) is 0 Å². The van der Waals surface area contributed by atoms with Crippen molar-refractivity contribution < 1.29 is 25.0 Å². The zero-order chi connectivity index (χ0) is 14.6. The molecule has 0 aromatic heterocycles. The summed E-state index contributed by atoms with van der Waals surface area (Å²) >= 11 is 0. The van der Waals surface area contributed by atoms with Crippen LogP contribution in [0, 0.1) is 10.1 Å². The molecular formula is C11H14N2O6. The number of benzene rings is 1. The number of primary amides is 1. The third-order valence-electron chi connectivity index (χ3n) is 2.59. The number of carbonyl (C=O) groups excluding carboxylic acids is 1. The van der Waals surface area contributed by atoms with Crippen LogP contribution in [0.15, 0.2) is 18.2 Å². The maximum absolute atomic E-state index is 10.7. The van der Waals surface area contributed by atoms with Gasteiger partial charge in [0.1, 0.15) is 6.10 Å². The number of nitrogens with two attached hydrogens (primary N) is 1. The molecule has 0 saturated carbocycles. The molecule has 0 radical (unpaired) electrons. The summed E-state index contributed by atoms with van der Waals surface area (Å²) in [5.41, 5.74) is 4.76. The number of nitro groups is 1. The normalized spacial score (nSPS) is 13.8. The minimum absolute atomic E-state index is 0.00725. The van der Waals surface area contributed by atoms with Crippen molar-refractivity contribution >= 4 is 11.6 Å². The van der Waals surface area contributed by atoms with Crippen molar-refractivity contribution in [1.29, 1.82) is 0 Å². The highest BCUT2D eigenvalue weighted by atomic mass is 16.6. The smallest absolute Gasteiger partial charge is 0.274 e. The fourth-order valence-corrected chi connectivity index (χ4v) is 1.63. The van der Waals surface area contributed by atoms with Crippen LogP contribution in [-0.2, 0) is 11.4 Å². The van der Waals surface area contributed by atoms with Gasteiger partial charge < -0.3 is 21.1 Å². The second-order valence-corrected chi connectivity index (χ2v) is 3.99. The summed E-state index contributed by atoms with van der Waals surface area (Å²) in [7, 11) is 0. The van der Waals surface area contributed by atoms with E-state index in [-0.39, 0.29) is 16.8 Å². The Morgan fingerprint density at radius 2 is 2.05 bits per heavy atom. The molecule has 0 bridgehead atoms. The number of aliphatic hydroxyl groups is 3. The number of hydrogen-bond donors (Lipinski definition) is 4. The molecule has 5 N–H and O–H groups in total. The molecule has 1 rings (SSSR count). The highest BCUT2D eigenvalue weighted by Crippen LogP contribution is 2.25. The van der Waals surface area contributed by atoms with Crippen LogP contribution in [0.1, 0.15) is 23.7 Å². The zero-order valence-electron chi connectivity index (χ0n) is 9.89. The first-order chi connectivity index (χ1) is 8.86. The van der Waals surface area contributed by atoms with Crippen LogP contribution in [0.25, 0.3) is 0 Å². The molecule has 1 aromatic rings. The van der Waals surface area contributed by atoms with Crippen molar-refractivity contribution in [3.8, 4) is 0 Å². The summed E-state index contributed by atoms with van der Waals surface area (Å²) in [6.07, 6.45) is -3.27. The molecule has 0 fully saturated rings. The molecule has 0 aliphatic rings. The second kappa shape index (κ2) is 6.23. The molecule has 0 aliphatic heterocycles. The van der Waals surface area contributed by atoms with Crippen LogP contribution in [0.3, 0.4) is 0 Å². The average Bonchev–Trinajstić information content (AvgIpc) is 2.36. The number of carbonyl (C=O) groups is 1. The molecule has 1 aromatic carbocycles. The number of nitrogens with zero attached hydrogens (tertiary/aromatic N) is 1. The lowest BCUT2D eigenvalue weighted by molar-refractivity contribution is -0.385. The summed E-state index contributed by atoms with van der Waals surface area (Å²) in [6.45, 7) is -0.581. The van der Waals surface area contributed by atoms with Crippen LogP contribution in [0.4, 0.5) is 5.69 Å². The molecule has 104 valence electrons. The summed E-state index contributed by atoms with van der Waals surface area (Å²) in [4.78, 5) is 20.6. The molecule has 2 unspecified atom stereocenters. The Labute approximate surface area is 108 Å². The highest BCUT2D eigenvalue weighted by molar-refractivity contribution is 5.74. The van der Waals surface area contributed by atoms with Crippen molar-refractivity contribution in [3.05, 3.63) is 39.4 Å². The Bertz CT molecular complexity index is 490. The van der Waals surface area contributed by atoms with Gasteiger partial charge in [-0.3, -0.25) is 14.9 Å². The van der Waals surface area contributed by atoms with Crippen molar-refractivity contribution in [3.63, 3.8) is 0 Å². The van der Waals surface area contributed by atoms with Gasteiger partial charge in [0.15, 0.2) is 0 Å². The molecule has 0 heterocycles. The molecule has 1 amide bonds. The largest absolute Gasteiger partial charge is 0.391 e. The van der Waals surface area contributed by atoms with E-state index >= 15 is 0 Å². The third kappa shape index (κ3) is 3.71. The van der Waals surface area contributed by atoms with Gasteiger partial charge in [0.05, 0.1) is 29.6 Å². The van der Waals surface area contributed by atoms with E-state index in [2.05, 4.69) is 0 Å². The average molecular weight is 270 g/mol. The van der Waals surface area contributed by atoms with Crippen molar-refractivity contribution in [2.24, 2.45) is 5.73 Å². The molecule has 0 saturated heterocycles. The molecule has 8 heteroatoms. The van der Waals surface area contributed by atoms with E-state index in [4.69, 9.17) is 10.8 Å². The first-order valence-corrected chi connectivity index (χ1v) is 5.39. The van der Waals surface area contributed by atoms with E-state index in [0.29, 0.717) is 0 Å². The number of hydrogen-bond acceptors (Lipinski definition) is 6. The van der Waals surface area contributed by atoms with Crippen LogP contribution >= 0.6 is 0 Å². The highest BCUT2D eigenvalue weighted by Gasteiger charge is 2.23. The summed E-state index contributed by atoms with van der Waals surface area (Å²) in [5.74, 6) is -0.782. The number of nitro benzene ring substituents is 1. The van der Waals surface area contributed by atoms with Gasteiger partial charge in [-0.1, -0.05) is 0 Å². The van der Waals surface area contributed by atoms with Gasteiger partial charge in [0.25, 0.3) is 5.69 Å². The molecule has 8 nitrogen and oxygen atoms in total. The topological polar surface area (TPSA) is 147 Å². The summed E-state index contributed by atoms with van der Waals surface area (Å²) in [5, 5.41) is 39.0. The van der Waals surface area contributed by atoms with Crippen molar-refractivity contribution in [1.82, 2.24) is 0 Å². The molecular weight excluding hydrogens is 256 g/mol. The lowest BCUT2D eigenvalue weighted by atomic mass is 9.99. The number of amides is 1. The monoisotopic (exact) mass is 270 g/mol. The van der Waals surface area contributed by atoms with Gasteiger partial charge in [0.2, 0.25) is 5.91 Å². The number of aliphatic hydroxyl groups excluding tert-OH is 3. The summed E-state index contributed by atoms with van der Waals surface area (Å²) in [6, 6.07) is 3.56. The minimum Gasteiger partial charge on any atom is -0.391 e. The van der Waals surface area contributed by atoms with Crippen molar-refractivity contribution in [2.45, 2.75) is 25.2 Å². The van der Waals surface area contributed by atoms with E-state index in [1.54, 1.807) is 0 Å². The summed E-state index contributed by atoms with van der Waals surface area (Å²) < 4.78 is 0. The minimum atomic E-state index is -1.42. The molecule has 0 aliphatic carbocycles. The van der Waals surface area contributed by atoms with Crippen LogP contribution in [0.2, 0.25) is 0 Å². The van der Waals surface area contributed by atoms with E-state index in [9.17, 15) is 25.1 Å². The predicted molar refractivity (Wildman–Crippen MR) is 63.8 cm³/mol. The van der Waals surface area contributed by atoms with Crippen LogP contribution in [-0.4, -0.2) is 32.3 Å². The SMILES string of the molecule is NC(=O)CC(O)C(O)c1ccc([N+](=O)[O-])c(CO)c1. The van der Waals surface area contributed by atoms with E-state index < -0.39 is 36.1 Å². The van der Waals surface area contributed by atoms with Crippen molar-refractivity contribution in [2.75, 3.05) is 0 Å². The van der Waals surface area contributed by atoms with E-state index in [1.807, 2.05) is 0 Å². The Morgan fingerprint density at radius 1 is 1.42 bits per heavy atom. The standard InChI is InChI=1S/C11H14N2O6/c12-10(16)4-9(15)11(17)6-1-2-8(13(18)19)7(3-6)5-14/h1-3,9,11,14-15,17H,4-5H2,(H2,12,16). The predicted octanol–water partition coefficient (Wildman–Crippen LogP) is -0.643. The Hall–Kier alpha value is -2.03. The van der Waals surface area contributed by atoms with E-state index in [0.717, 1.165) is 6.07 Å². The van der Waals surface area contributed by atoms with Gasteiger partial charge in [-0.15, -0.1) is 0 Å². The van der Waals surface area contributed by atoms with Gasteiger partial charge >= 0.3 is 0 Å². The molecule has 19 heavy (non-hydrogen) atoms. The van der Waals surface area contributed by atoms with Gasteiger partial charge in [-0.05, 0) is 17.7 Å². The van der Waals surface area contributed by atoms with Crippen LogP contribution < -0.4 is 5.73 Å². The Morgan fingerprint density at radius 3 is 2.53 bits per heavy atom. The Kier molecular flexibility index (Phi) is 4.93. The fourth-order valence-electron chi connectivity index (χ4n) is 1.63. The maximum atomic E-state index is 10.7. The fraction of sp³-hybridized carbons (Fsp3) is 0.364. The van der Waals surface area contributed by atoms with Gasteiger partial charge in [0, 0.05) is 6.07 Å². The zero-order valence-corrected chi connectivity index (χ0v) is 9.89. The third-order valence-corrected chi connectivity index (χ3v) is 2.59. The van der Waals surface area contributed by atoms with Gasteiger partial charge in [-0.25, -0.2) is 0 Å². The lowest BCUT2D eigenvalue weighted by Gasteiger charge is -2.17. The maximum Gasteiger partial charge on any atom is 0.274 e. The first-order valence-electron chi connectivity index (χ1n) is 5.39.